The summed E-state index contributed by atoms with van der Waals surface area (Å²) in [6.07, 6.45) is 9.85. The van der Waals surface area contributed by atoms with Gasteiger partial charge in [-0.25, -0.2) is 8.42 Å². The van der Waals surface area contributed by atoms with E-state index in [2.05, 4.69) is 22.5 Å². The number of hydrogen-bond acceptors (Lipinski definition) is 3. The van der Waals surface area contributed by atoms with Crippen LogP contribution in [0.25, 0.3) is 0 Å². The number of nitrogens with one attached hydrogen (secondary N) is 2. The minimum absolute atomic E-state index is 0. The Balaban J connectivity index is 0.00000529. The standard InChI is InChI=1S/C17H35N3O2S.HI/c1-3-5-6-7-8-9-10-12-19-17(18-4-2)20-14-16-11-13-23(21,22)15-16;/h16H,3-15H2,1-2H3,(H2,18,19,20);1H. The zero-order valence-electron chi connectivity index (χ0n) is 15.3. The van der Waals surface area contributed by atoms with E-state index in [1.165, 1.54) is 38.5 Å². The first-order chi connectivity index (χ1) is 11.1. The maximum Gasteiger partial charge on any atom is 0.191 e. The van der Waals surface area contributed by atoms with E-state index in [0.29, 0.717) is 18.1 Å². The predicted octanol–water partition coefficient (Wildman–Crippen LogP) is 3.34. The molecule has 7 heteroatoms. The summed E-state index contributed by atoms with van der Waals surface area (Å²) in [4.78, 5) is 4.55. The van der Waals surface area contributed by atoms with Crippen LogP contribution in [0.1, 0.15) is 65.2 Å². The summed E-state index contributed by atoms with van der Waals surface area (Å²) in [5.74, 6) is 1.64. The summed E-state index contributed by atoms with van der Waals surface area (Å²) >= 11 is 0. The van der Waals surface area contributed by atoms with E-state index in [9.17, 15) is 8.42 Å². The summed E-state index contributed by atoms with van der Waals surface area (Å²) in [7, 11) is -2.80. The second-order valence-electron chi connectivity index (χ2n) is 6.54. The van der Waals surface area contributed by atoms with Crippen LogP contribution in [0.5, 0.6) is 0 Å². The molecule has 0 aliphatic carbocycles. The molecule has 0 amide bonds. The summed E-state index contributed by atoms with van der Waals surface area (Å²) in [5, 5.41) is 6.59. The fraction of sp³-hybridized carbons (Fsp3) is 0.941. The molecule has 1 fully saturated rings. The van der Waals surface area contributed by atoms with E-state index < -0.39 is 9.84 Å². The molecular formula is C17H36IN3O2S. The van der Waals surface area contributed by atoms with Gasteiger partial charge < -0.3 is 10.6 Å². The van der Waals surface area contributed by atoms with Crippen molar-refractivity contribution in [1.82, 2.24) is 10.6 Å². The Kier molecular flexibility index (Phi) is 14.1. The molecule has 1 aliphatic heterocycles. The molecule has 0 aromatic rings. The SMILES string of the molecule is CCCCCCCCCNC(=NCC1CCS(=O)(=O)C1)NCC.I. The van der Waals surface area contributed by atoms with Crippen LogP contribution >= 0.6 is 24.0 Å². The van der Waals surface area contributed by atoms with Crippen molar-refractivity contribution < 1.29 is 8.42 Å². The van der Waals surface area contributed by atoms with Gasteiger partial charge >= 0.3 is 0 Å². The van der Waals surface area contributed by atoms with Crippen molar-refractivity contribution in [1.29, 1.82) is 0 Å². The largest absolute Gasteiger partial charge is 0.357 e. The lowest BCUT2D eigenvalue weighted by Crippen LogP contribution is -2.38. The number of rotatable bonds is 11. The smallest absolute Gasteiger partial charge is 0.191 e. The molecule has 0 saturated carbocycles. The van der Waals surface area contributed by atoms with Crippen LogP contribution in [0.4, 0.5) is 0 Å². The Labute approximate surface area is 165 Å². The van der Waals surface area contributed by atoms with Gasteiger partial charge in [0.1, 0.15) is 0 Å². The number of nitrogens with zero attached hydrogens (tertiary/aromatic N) is 1. The highest BCUT2D eigenvalue weighted by Gasteiger charge is 2.27. The summed E-state index contributed by atoms with van der Waals surface area (Å²) < 4.78 is 22.9. The predicted molar refractivity (Wildman–Crippen MR) is 114 cm³/mol. The van der Waals surface area contributed by atoms with Crippen molar-refractivity contribution in [2.24, 2.45) is 10.9 Å². The first kappa shape index (κ1) is 23.9. The zero-order valence-corrected chi connectivity index (χ0v) is 18.5. The van der Waals surface area contributed by atoms with Crippen LogP contribution in [-0.4, -0.2) is 45.5 Å². The second kappa shape index (κ2) is 14.2. The van der Waals surface area contributed by atoms with Crippen LogP contribution in [-0.2, 0) is 9.84 Å². The van der Waals surface area contributed by atoms with Crippen LogP contribution in [0.3, 0.4) is 0 Å². The van der Waals surface area contributed by atoms with Gasteiger partial charge in [0.15, 0.2) is 15.8 Å². The fourth-order valence-electron chi connectivity index (χ4n) is 2.87. The molecule has 0 radical (unpaired) electrons. The van der Waals surface area contributed by atoms with Gasteiger partial charge in [0.2, 0.25) is 0 Å². The van der Waals surface area contributed by atoms with E-state index in [0.717, 1.165) is 31.9 Å². The third-order valence-electron chi connectivity index (χ3n) is 4.25. The van der Waals surface area contributed by atoms with Crippen molar-refractivity contribution in [3.63, 3.8) is 0 Å². The number of unbranched alkanes of at least 4 members (excludes halogenated alkanes) is 6. The molecule has 1 aliphatic rings. The Morgan fingerprint density at radius 3 is 2.29 bits per heavy atom. The van der Waals surface area contributed by atoms with Crippen molar-refractivity contribution in [3.05, 3.63) is 0 Å². The number of halogens is 1. The molecular weight excluding hydrogens is 437 g/mol. The highest BCUT2D eigenvalue weighted by Crippen LogP contribution is 2.18. The number of guanidine groups is 1. The maximum atomic E-state index is 11.5. The normalized spacial score (nSPS) is 19.8. The third kappa shape index (κ3) is 11.5. The van der Waals surface area contributed by atoms with Crippen molar-refractivity contribution >= 4 is 39.8 Å². The molecule has 24 heavy (non-hydrogen) atoms. The molecule has 144 valence electrons. The molecule has 1 atom stereocenters. The van der Waals surface area contributed by atoms with Crippen molar-refractivity contribution in [3.8, 4) is 0 Å². The minimum atomic E-state index is -2.80. The second-order valence-corrected chi connectivity index (χ2v) is 8.77. The van der Waals surface area contributed by atoms with Gasteiger partial charge in [-0.05, 0) is 25.7 Å². The maximum absolute atomic E-state index is 11.5. The lowest BCUT2D eigenvalue weighted by Gasteiger charge is -2.12. The Hall–Kier alpha value is -0.0500. The molecule has 0 spiro atoms. The molecule has 1 unspecified atom stereocenters. The first-order valence-corrected chi connectivity index (χ1v) is 11.1. The van der Waals surface area contributed by atoms with Crippen LogP contribution < -0.4 is 10.6 Å². The van der Waals surface area contributed by atoms with Gasteiger partial charge in [0.25, 0.3) is 0 Å². The van der Waals surface area contributed by atoms with Crippen LogP contribution in [0.15, 0.2) is 4.99 Å². The Bertz CT molecular complexity index is 441. The molecule has 1 saturated heterocycles. The van der Waals surface area contributed by atoms with Gasteiger partial charge in [0, 0.05) is 19.6 Å². The highest BCUT2D eigenvalue weighted by molar-refractivity contribution is 14.0. The Morgan fingerprint density at radius 2 is 1.71 bits per heavy atom. The van der Waals surface area contributed by atoms with Gasteiger partial charge in [-0.3, -0.25) is 4.99 Å². The minimum Gasteiger partial charge on any atom is -0.357 e. The summed E-state index contributed by atoms with van der Waals surface area (Å²) in [6, 6.07) is 0. The van der Waals surface area contributed by atoms with Crippen molar-refractivity contribution in [2.45, 2.75) is 65.2 Å². The number of sulfone groups is 1. The van der Waals surface area contributed by atoms with Gasteiger partial charge in [-0.2, -0.15) is 0 Å². The quantitative estimate of drug-likeness (QED) is 0.209. The van der Waals surface area contributed by atoms with E-state index in [1.54, 1.807) is 0 Å². The first-order valence-electron chi connectivity index (χ1n) is 9.30. The average Bonchev–Trinajstić information content (AvgIpc) is 2.86. The molecule has 1 heterocycles. The van der Waals surface area contributed by atoms with Gasteiger partial charge in [-0.1, -0.05) is 45.4 Å². The molecule has 0 bridgehead atoms. The van der Waals surface area contributed by atoms with Crippen molar-refractivity contribution in [2.75, 3.05) is 31.1 Å². The molecule has 5 nitrogen and oxygen atoms in total. The molecule has 1 rings (SSSR count). The molecule has 2 N–H and O–H groups in total. The zero-order chi connectivity index (χ0) is 17.0. The van der Waals surface area contributed by atoms with E-state index >= 15 is 0 Å². The van der Waals surface area contributed by atoms with Gasteiger partial charge in [-0.15, -0.1) is 24.0 Å². The lowest BCUT2D eigenvalue weighted by molar-refractivity contribution is 0.579. The van der Waals surface area contributed by atoms with E-state index in [-0.39, 0.29) is 29.9 Å². The number of aliphatic imine (C=N–C) groups is 1. The molecule has 0 aromatic heterocycles. The molecule has 0 aromatic carbocycles. The van der Waals surface area contributed by atoms with E-state index in [1.807, 2.05) is 6.92 Å². The average molecular weight is 473 g/mol. The summed E-state index contributed by atoms with van der Waals surface area (Å²) in [5.41, 5.74) is 0. The summed E-state index contributed by atoms with van der Waals surface area (Å²) in [6.45, 7) is 6.65. The van der Waals surface area contributed by atoms with Crippen LogP contribution in [0, 0.1) is 5.92 Å². The highest BCUT2D eigenvalue weighted by atomic mass is 127. The Morgan fingerprint density at radius 1 is 1.04 bits per heavy atom. The van der Waals surface area contributed by atoms with Crippen LogP contribution in [0.2, 0.25) is 0 Å². The lowest BCUT2D eigenvalue weighted by atomic mass is 10.1. The topological polar surface area (TPSA) is 70.6 Å². The van der Waals surface area contributed by atoms with E-state index in [4.69, 9.17) is 0 Å². The van der Waals surface area contributed by atoms with Gasteiger partial charge in [0.05, 0.1) is 11.5 Å². The monoisotopic (exact) mass is 473 g/mol. The third-order valence-corrected chi connectivity index (χ3v) is 6.09. The number of hydrogen-bond donors (Lipinski definition) is 2. The fourth-order valence-corrected chi connectivity index (χ4v) is 4.72.